The van der Waals surface area contributed by atoms with Crippen molar-refractivity contribution >= 4 is 12.3 Å². The van der Waals surface area contributed by atoms with E-state index >= 15 is 0 Å². The standard InChI is InChI=1S/C9H7O/c1-2-4-9-7-10-6-5-8(9)3-1/h1-5H,6H2. The maximum Gasteiger partial charge on any atom is 0.170 e. The van der Waals surface area contributed by atoms with Crippen molar-refractivity contribution in [3.05, 3.63) is 34.7 Å². The Hall–Kier alpha value is -1.24. The summed E-state index contributed by atoms with van der Waals surface area (Å²) in [5, 5.41) is 2.27. The van der Waals surface area contributed by atoms with Crippen LogP contribution in [0.1, 0.15) is 0 Å². The van der Waals surface area contributed by atoms with E-state index in [4.69, 9.17) is 4.74 Å². The second-order valence-electron chi connectivity index (χ2n) is 2.20. The Kier molecular flexibility index (Phi) is 1.21. The van der Waals surface area contributed by atoms with Crippen molar-refractivity contribution in [3.8, 4) is 0 Å². The first-order valence-corrected chi connectivity index (χ1v) is 3.27. The lowest BCUT2D eigenvalue weighted by atomic mass is 10.2. The van der Waals surface area contributed by atoms with Crippen molar-refractivity contribution in [1.29, 1.82) is 0 Å². The molecule has 2 rings (SSSR count). The largest absolute Gasteiger partial charge is 0.485 e. The van der Waals surface area contributed by atoms with Crippen molar-refractivity contribution in [2.45, 2.75) is 0 Å². The summed E-state index contributed by atoms with van der Waals surface area (Å²) in [6, 6.07) is 8.05. The summed E-state index contributed by atoms with van der Waals surface area (Å²) in [5.74, 6) is 0. The van der Waals surface area contributed by atoms with Gasteiger partial charge in [-0.15, -0.1) is 0 Å². The second kappa shape index (κ2) is 2.18. The van der Waals surface area contributed by atoms with Crippen LogP contribution in [0.3, 0.4) is 0 Å². The molecule has 1 aliphatic rings. The molecule has 1 aromatic rings. The summed E-state index contributed by atoms with van der Waals surface area (Å²) >= 11 is 0. The fourth-order valence-electron chi connectivity index (χ4n) is 1.02. The van der Waals surface area contributed by atoms with Gasteiger partial charge in [0.2, 0.25) is 0 Å². The van der Waals surface area contributed by atoms with Crippen molar-refractivity contribution in [3.63, 3.8) is 0 Å². The molecule has 1 heteroatoms. The highest BCUT2D eigenvalue weighted by Crippen LogP contribution is 1.82. The van der Waals surface area contributed by atoms with E-state index in [9.17, 15) is 0 Å². The molecule has 49 valence electrons. The Morgan fingerprint density at radius 1 is 1.30 bits per heavy atom. The van der Waals surface area contributed by atoms with Crippen LogP contribution >= 0.6 is 0 Å². The summed E-state index contributed by atoms with van der Waals surface area (Å²) < 4.78 is 4.99. The predicted molar refractivity (Wildman–Crippen MR) is 39.5 cm³/mol. The van der Waals surface area contributed by atoms with Gasteiger partial charge in [0.05, 0.1) is 0 Å². The minimum atomic E-state index is 0.650. The molecule has 1 aliphatic heterocycles. The third-order valence-electron chi connectivity index (χ3n) is 1.53. The molecule has 0 spiro atoms. The van der Waals surface area contributed by atoms with E-state index in [2.05, 4.69) is 12.3 Å². The summed E-state index contributed by atoms with van der Waals surface area (Å²) in [6.07, 6.45) is 4.88. The molecule has 10 heavy (non-hydrogen) atoms. The van der Waals surface area contributed by atoms with E-state index in [1.54, 1.807) is 0 Å². The van der Waals surface area contributed by atoms with Gasteiger partial charge in [-0.1, -0.05) is 24.3 Å². The molecule has 1 heterocycles. The lowest BCUT2D eigenvalue weighted by molar-refractivity contribution is 0.346. The molecule has 1 nitrogen and oxygen atoms in total. The highest BCUT2D eigenvalue weighted by molar-refractivity contribution is 5.33. The van der Waals surface area contributed by atoms with Crippen LogP contribution in [-0.4, -0.2) is 6.61 Å². The fraction of sp³-hybridized carbons (Fsp3) is 0.111. The number of hydrogen-bond acceptors (Lipinski definition) is 1. The minimum Gasteiger partial charge on any atom is -0.485 e. The van der Waals surface area contributed by atoms with Gasteiger partial charge in [-0.2, -0.15) is 0 Å². The number of fused-ring (bicyclic) bond motifs is 1. The van der Waals surface area contributed by atoms with Crippen molar-refractivity contribution in [1.82, 2.24) is 0 Å². The maximum absolute atomic E-state index is 4.99. The van der Waals surface area contributed by atoms with E-state index in [0.29, 0.717) is 6.61 Å². The van der Waals surface area contributed by atoms with Crippen LogP contribution in [0.25, 0.3) is 12.3 Å². The van der Waals surface area contributed by atoms with Gasteiger partial charge in [0.15, 0.2) is 6.26 Å². The van der Waals surface area contributed by atoms with Gasteiger partial charge in [0.1, 0.15) is 6.61 Å². The van der Waals surface area contributed by atoms with Gasteiger partial charge in [0.25, 0.3) is 0 Å². The van der Waals surface area contributed by atoms with E-state index in [0.717, 1.165) is 5.22 Å². The summed E-state index contributed by atoms with van der Waals surface area (Å²) in [4.78, 5) is 0. The first-order valence-electron chi connectivity index (χ1n) is 3.27. The van der Waals surface area contributed by atoms with E-state index < -0.39 is 0 Å². The maximum atomic E-state index is 4.99. The third-order valence-corrected chi connectivity index (χ3v) is 1.53. The van der Waals surface area contributed by atoms with Crippen LogP contribution < -0.4 is 10.4 Å². The molecular weight excluding hydrogens is 124 g/mol. The van der Waals surface area contributed by atoms with Gasteiger partial charge in [-0.05, 0) is 11.3 Å². The predicted octanol–water partition coefficient (Wildman–Crippen LogP) is 0.112. The highest BCUT2D eigenvalue weighted by Gasteiger charge is 1.90. The molecule has 0 unspecified atom stereocenters. The SMILES string of the molecule is [C]1=c2ccccc2=CCO1. The molecule has 0 saturated heterocycles. The smallest absolute Gasteiger partial charge is 0.170 e. The van der Waals surface area contributed by atoms with Gasteiger partial charge in [-0.3, -0.25) is 0 Å². The molecule has 0 fully saturated rings. The lowest BCUT2D eigenvalue weighted by Crippen LogP contribution is -2.27. The van der Waals surface area contributed by atoms with Gasteiger partial charge >= 0.3 is 0 Å². The molecule has 0 N–H and O–H groups in total. The second-order valence-corrected chi connectivity index (χ2v) is 2.20. The monoisotopic (exact) mass is 131 g/mol. The molecular formula is C9H7O. The Morgan fingerprint density at radius 3 is 3.10 bits per heavy atom. The molecule has 0 aliphatic carbocycles. The number of benzene rings is 1. The number of hydrogen-bond donors (Lipinski definition) is 0. The number of rotatable bonds is 0. The molecule has 1 aromatic carbocycles. The normalized spacial score (nSPS) is 14.0. The van der Waals surface area contributed by atoms with Crippen molar-refractivity contribution in [2.75, 3.05) is 6.61 Å². The molecule has 0 amide bonds. The average molecular weight is 131 g/mol. The van der Waals surface area contributed by atoms with Gasteiger partial charge < -0.3 is 4.74 Å². The summed E-state index contributed by atoms with van der Waals surface area (Å²) in [6.45, 7) is 0.650. The zero-order chi connectivity index (χ0) is 6.81. The first kappa shape index (κ1) is 5.54. The zero-order valence-corrected chi connectivity index (χ0v) is 5.50. The van der Waals surface area contributed by atoms with E-state index in [1.165, 1.54) is 5.22 Å². The van der Waals surface area contributed by atoms with E-state index in [1.807, 2.05) is 24.3 Å². The molecule has 0 bridgehead atoms. The van der Waals surface area contributed by atoms with Crippen LogP contribution in [0.2, 0.25) is 0 Å². The van der Waals surface area contributed by atoms with Crippen LogP contribution in [0.5, 0.6) is 0 Å². The first-order chi connectivity index (χ1) is 4.97. The summed E-state index contributed by atoms with van der Waals surface area (Å²) in [5.41, 5.74) is 0. The Morgan fingerprint density at radius 2 is 2.20 bits per heavy atom. The highest BCUT2D eigenvalue weighted by atomic mass is 16.5. The van der Waals surface area contributed by atoms with Crippen LogP contribution in [0.15, 0.2) is 24.3 Å². The molecule has 0 saturated carbocycles. The third kappa shape index (κ3) is 0.798. The Labute approximate surface area is 59.3 Å². The quantitative estimate of drug-likeness (QED) is 0.485. The number of ether oxygens (including phenoxy) is 1. The Bertz CT molecular complexity index is 303. The zero-order valence-electron chi connectivity index (χ0n) is 5.50. The topological polar surface area (TPSA) is 9.23 Å². The van der Waals surface area contributed by atoms with Crippen LogP contribution in [-0.2, 0) is 4.74 Å². The minimum absolute atomic E-state index is 0.650. The van der Waals surface area contributed by atoms with Crippen molar-refractivity contribution < 1.29 is 4.74 Å². The van der Waals surface area contributed by atoms with Crippen molar-refractivity contribution in [2.24, 2.45) is 0 Å². The Balaban J connectivity index is 2.84. The van der Waals surface area contributed by atoms with Gasteiger partial charge in [0, 0.05) is 5.22 Å². The molecule has 0 atom stereocenters. The molecule has 1 radical (unpaired) electrons. The average Bonchev–Trinajstić information content (AvgIpc) is 2.05. The van der Waals surface area contributed by atoms with Crippen LogP contribution in [0.4, 0.5) is 0 Å². The van der Waals surface area contributed by atoms with Gasteiger partial charge in [-0.25, -0.2) is 0 Å². The fourth-order valence-corrected chi connectivity index (χ4v) is 1.02. The summed E-state index contributed by atoms with van der Waals surface area (Å²) in [7, 11) is 0. The molecule has 0 aromatic heterocycles. The lowest BCUT2D eigenvalue weighted by Gasteiger charge is -1.98. The van der Waals surface area contributed by atoms with Crippen LogP contribution in [0, 0.1) is 0 Å². The van der Waals surface area contributed by atoms with E-state index in [-0.39, 0.29) is 0 Å².